The molecule has 21 heavy (non-hydrogen) atoms. The lowest BCUT2D eigenvalue weighted by Crippen LogP contribution is -2.57. The van der Waals surface area contributed by atoms with E-state index >= 15 is 0 Å². The quantitative estimate of drug-likeness (QED) is 0.380. The highest BCUT2D eigenvalue weighted by molar-refractivity contribution is 5.97. The predicted molar refractivity (Wildman–Crippen MR) is 80.4 cm³/mol. The average molecular weight is 295 g/mol. The molecule has 0 bridgehead atoms. The lowest BCUT2D eigenvalue weighted by molar-refractivity contribution is -0.133. The molecule has 1 aliphatic heterocycles. The summed E-state index contributed by atoms with van der Waals surface area (Å²) < 4.78 is 20.4. The van der Waals surface area contributed by atoms with Gasteiger partial charge in [0, 0.05) is 18.7 Å². The monoisotopic (exact) mass is 295 g/mol. The van der Waals surface area contributed by atoms with Gasteiger partial charge in [-0.15, -0.1) is 0 Å². The SMILES string of the molecule is CC1(C)CN(c2ccc(/C(N)=N/O)cc2F)CC(C)(C)O1. The van der Waals surface area contributed by atoms with Crippen LogP contribution in [0.3, 0.4) is 0 Å². The summed E-state index contributed by atoms with van der Waals surface area (Å²) in [6.07, 6.45) is 0. The van der Waals surface area contributed by atoms with Gasteiger partial charge in [0.25, 0.3) is 0 Å². The van der Waals surface area contributed by atoms with Gasteiger partial charge in [-0.2, -0.15) is 0 Å². The van der Waals surface area contributed by atoms with Crippen molar-refractivity contribution in [1.29, 1.82) is 0 Å². The van der Waals surface area contributed by atoms with Crippen molar-refractivity contribution in [2.45, 2.75) is 38.9 Å². The van der Waals surface area contributed by atoms with E-state index in [0.717, 1.165) is 0 Å². The number of amidine groups is 1. The summed E-state index contributed by atoms with van der Waals surface area (Å²) in [7, 11) is 0. The molecule has 0 amide bonds. The summed E-state index contributed by atoms with van der Waals surface area (Å²) in [6.45, 7) is 9.15. The fourth-order valence-corrected chi connectivity index (χ4v) is 2.94. The summed E-state index contributed by atoms with van der Waals surface area (Å²) in [6, 6.07) is 4.57. The molecule has 6 heteroatoms. The smallest absolute Gasteiger partial charge is 0.170 e. The topological polar surface area (TPSA) is 71.1 Å². The Hall–Kier alpha value is -1.82. The Balaban J connectivity index is 2.34. The van der Waals surface area contributed by atoms with Crippen molar-refractivity contribution in [3.63, 3.8) is 0 Å². The minimum atomic E-state index is -0.396. The lowest BCUT2D eigenvalue weighted by Gasteiger charge is -2.48. The van der Waals surface area contributed by atoms with E-state index in [1.807, 2.05) is 32.6 Å². The Morgan fingerprint density at radius 3 is 2.33 bits per heavy atom. The first-order valence-electron chi connectivity index (χ1n) is 6.86. The third-order valence-electron chi connectivity index (χ3n) is 3.39. The predicted octanol–water partition coefficient (Wildman–Crippen LogP) is 2.31. The molecular formula is C15H22FN3O2. The van der Waals surface area contributed by atoms with Crippen molar-refractivity contribution >= 4 is 11.5 Å². The van der Waals surface area contributed by atoms with Gasteiger partial charge in [0.15, 0.2) is 5.84 Å². The van der Waals surface area contributed by atoms with E-state index in [0.29, 0.717) is 24.3 Å². The zero-order valence-electron chi connectivity index (χ0n) is 12.9. The molecule has 0 radical (unpaired) electrons. The van der Waals surface area contributed by atoms with Gasteiger partial charge in [0.05, 0.1) is 16.9 Å². The molecule has 2 rings (SSSR count). The number of hydrogen-bond donors (Lipinski definition) is 2. The van der Waals surface area contributed by atoms with Crippen molar-refractivity contribution < 1.29 is 14.3 Å². The molecule has 0 aliphatic carbocycles. The first-order chi connectivity index (χ1) is 9.63. The first kappa shape index (κ1) is 15.6. The number of hydrogen-bond acceptors (Lipinski definition) is 4. The zero-order chi connectivity index (χ0) is 15.8. The first-order valence-corrected chi connectivity index (χ1v) is 6.86. The van der Waals surface area contributed by atoms with Crippen LogP contribution in [0.15, 0.2) is 23.4 Å². The Bertz CT molecular complexity index is 554. The zero-order valence-corrected chi connectivity index (χ0v) is 12.9. The minimum absolute atomic E-state index is 0.108. The van der Waals surface area contributed by atoms with Gasteiger partial charge in [0.1, 0.15) is 5.82 Å². The summed E-state index contributed by atoms with van der Waals surface area (Å²) in [5, 5.41) is 11.5. The normalized spacial score (nSPS) is 21.4. The van der Waals surface area contributed by atoms with Crippen LogP contribution in [0.2, 0.25) is 0 Å². The molecule has 5 nitrogen and oxygen atoms in total. The van der Waals surface area contributed by atoms with Gasteiger partial charge in [0.2, 0.25) is 0 Å². The van der Waals surface area contributed by atoms with Crippen LogP contribution < -0.4 is 10.6 Å². The molecule has 1 saturated heterocycles. The maximum absolute atomic E-state index is 14.4. The third kappa shape index (κ3) is 3.44. The van der Waals surface area contributed by atoms with E-state index in [1.165, 1.54) is 6.07 Å². The van der Waals surface area contributed by atoms with Crippen molar-refractivity contribution in [2.24, 2.45) is 10.9 Å². The van der Waals surface area contributed by atoms with Crippen LogP contribution >= 0.6 is 0 Å². The van der Waals surface area contributed by atoms with Gasteiger partial charge in [-0.3, -0.25) is 0 Å². The van der Waals surface area contributed by atoms with Gasteiger partial charge in [-0.05, 0) is 45.9 Å². The maximum atomic E-state index is 14.4. The summed E-state index contributed by atoms with van der Waals surface area (Å²) >= 11 is 0. The van der Waals surface area contributed by atoms with Crippen LogP contribution in [0.1, 0.15) is 33.3 Å². The second kappa shape index (κ2) is 5.18. The number of ether oxygens (including phenoxy) is 1. The number of benzene rings is 1. The highest BCUT2D eigenvalue weighted by Gasteiger charge is 2.38. The molecule has 1 aromatic carbocycles. The average Bonchev–Trinajstić information content (AvgIpc) is 2.33. The van der Waals surface area contributed by atoms with E-state index in [9.17, 15) is 4.39 Å². The molecule has 1 fully saturated rings. The fraction of sp³-hybridized carbons (Fsp3) is 0.533. The van der Waals surface area contributed by atoms with E-state index < -0.39 is 5.82 Å². The van der Waals surface area contributed by atoms with Gasteiger partial charge >= 0.3 is 0 Å². The summed E-state index contributed by atoms with van der Waals surface area (Å²) in [5.41, 5.74) is 5.60. The van der Waals surface area contributed by atoms with E-state index in [1.54, 1.807) is 12.1 Å². The van der Waals surface area contributed by atoms with Crippen molar-refractivity contribution in [3.05, 3.63) is 29.6 Å². The third-order valence-corrected chi connectivity index (χ3v) is 3.39. The number of morpholine rings is 1. The Morgan fingerprint density at radius 1 is 1.29 bits per heavy atom. The molecule has 1 aromatic rings. The van der Waals surface area contributed by atoms with E-state index in [4.69, 9.17) is 15.7 Å². The number of rotatable bonds is 2. The molecule has 0 saturated carbocycles. The maximum Gasteiger partial charge on any atom is 0.170 e. The van der Waals surface area contributed by atoms with Gasteiger partial charge in [-0.25, -0.2) is 4.39 Å². The molecule has 0 atom stereocenters. The number of oxime groups is 1. The van der Waals surface area contributed by atoms with E-state index in [-0.39, 0.29) is 17.0 Å². The van der Waals surface area contributed by atoms with Crippen molar-refractivity contribution in [1.82, 2.24) is 0 Å². The second-order valence-corrected chi connectivity index (χ2v) is 6.63. The summed E-state index contributed by atoms with van der Waals surface area (Å²) in [5.74, 6) is -0.504. The number of nitrogens with two attached hydrogens (primary N) is 1. The Labute approximate surface area is 124 Å². The minimum Gasteiger partial charge on any atom is -0.409 e. The van der Waals surface area contributed by atoms with Crippen LogP contribution in [-0.4, -0.2) is 35.3 Å². The number of halogens is 1. The Kier molecular flexibility index (Phi) is 3.84. The Morgan fingerprint density at radius 2 is 1.86 bits per heavy atom. The summed E-state index contributed by atoms with van der Waals surface area (Å²) in [4.78, 5) is 1.97. The molecule has 0 aromatic heterocycles. The number of anilines is 1. The molecule has 1 aliphatic rings. The van der Waals surface area contributed by atoms with Gasteiger partial charge in [-0.1, -0.05) is 5.16 Å². The second-order valence-electron chi connectivity index (χ2n) is 6.63. The molecule has 1 heterocycles. The highest BCUT2D eigenvalue weighted by Crippen LogP contribution is 2.32. The largest absolute Gasteiger partial charge is 0.409 e. The van der Waals surface area contributed by atoms with Crippen LogP contribution in [0.4, 0.5) is 10.1 Å². The highest BCUT2D eigenvalue weighted by atomic mass is 19.1. The molecule has 0 unspecified atom stereocenters. The van der Waals surface area contributed by atoms with Crippen LogP contribution in [0.25, 0.3) is 0 Å². The van der Waals surface area contributed by atoms with Crippen LogP contribution in [0.5, 0.6) is 0 Å². The van der Waals surface area contributed by atoms with Crippen LogP contribution in [0, 0.1) is 5.82 Å². The standard InChI is InChI=1S/C15H22FN3O2/c1-14(2)8-19(9-15(3,4)21-14)12-6-5-10(7-11(12)16)13(17)18-20/h5-7,20H,8-9H2,1-4H3,(H2,17,18). The van der Waals surface area contributed by atoms with Crippen molar-refractivity contribution in [2.75, 3.05) is 18.0 Å². The molecule has 3 N–H and O–H groups in total. The fourth-order valence-electron chi connectivity index (χ4n) is 2.94. The van der Waals surface area contributed by atoms with Crippen molar-refractivity contribution in [3.8, 4) is 0 Å². The van der Waals surface area contributed by atoms with E-state index in [2.05, 4.69) is 5.16 Å². The molecule has 116 valence electrons. The van der Waals surface area contributed by atoms with Gasteiger partial charge < -0.3 is 20.6 Å². The molecule has 0 spiro atoms. The lowest BCUT2D eigenvalue weighted by atomic mass is 9.98. The molecular weight excluding hydrogens is 273 g/mol. The van der Waals surface area contributed by atoms with Crippen LogP contribution in [-0.2, 0) is 4.74 Å². The number of nitrogens with zero attached hydrogens (tertiary/aromatic N) is 2.